The molecular weight excluding hydrogens is 314 g/mol. The van der Waals surface area contributed by atoms with E-state index in [9.17, 15) is 13.6 Å². The molecule has 6 heteroatoms. The normalized spacial score (nSPS) is 15.1. The summed E-state index contributed by atoms with van der Waals surface area (Å²) in [6, 6.07) is 10.7. The average Bonchev–Trinajstić information content (AvgIpc) is 2.57. The van der Waals surface area contributed by atoms with Crippen LogP contribution in [0, 0.1) is 11.6 Å². The van der Waals surface area contributed by atoms with Crippen molar-refractivity contribution in [2.75, 3.05) is 23.8 Å². The van der Waals surface area contributed by atoms with E-state index >= 15 is 0 Å². The van der Waals surface area contributed by atoms with Gasteiger partial charge in [0.15, 0.2) is 0 Å². The topological polar surface area (TPSA) is 50.4 Å². The molecular formula is C18H18F2N2O2. The molecule has 126 valence electrons. The second-order valence-corrected chi connectivity index (χ2v) is 5.66. The number of anilines is 2. The zero-order valence-electron chi connectivity index (χ0n) is 13.0. The van der Waals surface area contributed by atoms with Crippen LogP contribution in [0.5, 0.6) is 0 Å². The van der Waals surface area contributed by atoms with Crippen molar-refractivity contribution in [1.82, 2.24) is 0 Å². The van der Waals surface area contributed by atoms with E-state index in [0.717, 1.165) is 43.9 Å². The first-order valence-electron chi connectivity index (χ1n) is 7.83. The second-order valence-electron chi connectivity index (χ2n) is 5.66. The number of carbonyl (C=O) groups excluding carboxylic acids is 1. The fraction of sp³-hybridized carbons (Fsp3) is 0.278. The molecule has 4 nitrogen and oxygen atoms in total. The van der Waals surface area contributed by atoms with Gasteiger partial charge in [-0.1, -0.05) is 6.07 Å². The van der Waals surface area contributed by atoms with E-state index < -0.39 is 23.1 Å². The van der Waals surface area contributed by atoms with Crippen LogP contribution in [0.3, 0.4) is 0 Å². The maximum Gasteiger partial charge on any atom is 0.261 e. The molecule has 0 aromatic heterocycles. The highest BCUT2D eigenvalue weighted by Crippen LogP contribution is 2.19. The molecule has 1 aliphatic heterocycles. The zero-order chi connectivity index (χ0) is 16.9. The molecule has 0 spiro atoms. The van der Waals surface area contributed by atoms with Crippen molar-refractivity contribution < 1.29 is 18.3 Å². The van der Waals surface area contributed by atoms with Crippen molar-refractivity contribution in [3.63, 3.8) is 0 Å². The first-order valence-corrected chi connectivity index (χ1v) is 7.83. The van der Waals surface area contributed by atoms with Gasteiger partial charge in [-0.05, 0) is 49.2 Å². The lowest BCUT2D eigenvalue weighted by molar-refractivity contribution is 0.0904. The van der Waals surface area contributed by atoms with Crippen molar-refractivity contribution in [3.8, 4) is 0 Å². The molecule has 0 atom stereocenters. The molecule has 24 heavy (non-hydrogen) atoms. The molecule has 2 aromatic carbocycles. The van der Waals surface area contributed by atoms with E-state index in [0.29, 0.717) is 11.7 Å². The number of ether oxygens (including phenoxy) is 1. The summed E-state index contributed by atoms with van der Waals surface area (Å²) < 4.78 is 32.5. The van der Waals surface area contributed by atoms with Crippen LogP contribution in [0.1, 0.15) is 23.2 Å². The predicted octanol–water partition coefficient (Wildman–Crippen LogP) is 3.81. The number of benzene rings is 2. The SMILES string of the molecule is O=C(Nc1ccc(NC2CCOCC2)cc1)c1c(F)cccc1F. The molecule has 1 heterocycles. The van der Waals surface area contributed by atoms with Crippen LogP contribution in [-0.2, 0) is 4.74 Å². The van der Waals surface area contributed by atoms with Gasteiger partial charge >= 0.3 is 0 Å². The van der Waals surface area contributed by atoms with Crippen molar-refractivity contribution in [3.05, 3.63) is 59.7 Å². The molecule has 2 N–H and O–H groups in total. The molecule has 1 amide bonds. The molecule has 1 fully saturated rings. The third kappa shape index (κ3) is 3.89. The minimum absolute atomic E-state index is 0.367. The van der Waals surface area contributed by atoms with Gasteiger partial charge in [-0.2, -0.15) is 0 Å². The van der Waals surface area contributed by atoms with Crippen molar-refractivity contribution >= 4 is 17.3 Å². The molecule has 0 saturated carbocycles. The Morgan fingerprint density at radius 1 is 0.958 bits per heavy atom. The smallest absolute Gasteiger partial charge is 0.261 e. The Labute approximate surface area is 138 Å². The highest BCUT2D eigenvalue weighted by atomic mass is 19.1. The van der Waals surface area contributed by atoms with E-state index in [-0.39, 0.29) is 0 Å². The van der Waals surface area contributed by atoms with Crippen LogP contribution in [0.4, 0.5) is 20.2 Å². The largest absolute Gasteiger partial charge is 0.382 e. The van der Waals surface area contributed by atoms with Crippen LogP contribution in [0.25, 0.3) is 0 Å². The first kappa shape index (κ1) is 16.4. The fourth-order valence-electron chi connectivity index (χ4n) is 2.64. The lowest BCUT2D eigenvalue weighted by Gasteiger charge is -2.24. The van der Waals surface area contributed by atoms with Crippen LogP contribution < -0.4 is 10.6 Å². The van der Waals surface area contributed by atoms with Crippen LogP contribution >= 0.6 is 0 Å². The fourth-order valence-corrected chi connectivity index (χ4v) is 2.64. The number of carbonyl (C=O) groups is 1. The Hall–Kier alpha value is -2.47. The summed E-state index contributed by atoms with van der Waals surface area (Å²) in [6.45, 7) is 1.50. The number of halogens is 2. The Bertz CT molecular complexity index is 693. The van der Waals surface area contributed by atoms with E-state index in [1.807, 2.05) is 12.1 Å². The van der Waals surface area contributed by atoms with Gasteiger partial charge in [-0.15, -0.1) is 0 Å². The Morgan fingerprint density at radius 2 is 1.54 bits per heavy atom. The average molecular weight is 332 g/mol. The van der Waals surface area contributed by atoms with Crippen molar-refractivity contribution in [1.29, 1.82) is 0 Å². The van der Waals surface area contributed by atoms with Gasteiger partial charge in [0.05, 0.1) is 0 Å². The van der Waals surface area contributed by atoms with Crippen LogP contribution in [0.15, 0.2) is 42.5 Å². The highest BCUT2D eigenvalue weighted by molar-refractivity contribution is 6.04. The highest BCUT2D eigenvalue weighted by Gasteiger charge is 2.17. The summed E-state index contributed by atoms with van der Waals surface area (Å²) in [5.74, 6) is -2.58. The van der Waals surface area contributed by atoms with Crippen LogP contribution in [0.2, 0.25) is 0 Å². The van der Waals surface area contributed by atoms with E-state index in [4.69, 9.17) is 4.74 Å². The van der Waals surface area contributed by atoms with Crippen molar-refractivity contribution in [2.24, 2.45) is 0 Å². The van der Waals surface area contributed by atoms with Gasteiger partial charge in [-0.3, -0.25) is 4.79 Å². The molecule has 1 saturated heterocycles. The lowest BCUT2D eigenvalue weighted by atomic mass is 10.1. The van der Waals surface area contributed by atoms with E-state index in [1.54, 1.807) is 12.1 Å². The third-order valence-electron chi connectivity index (χ3n) is 3.92. The molecule has 0 bridgehead atoms. The third-order valence-corrected chi connectivity index (χ3v) is 3.92. The standard InChI is InChI=1S/C18H18F2N2O2/c19-15-2-1-3-16(20)17(15)18(23)22-13-6-4-12(5-7-13)21-14-8-10-24-11-9-14/h1-7,14,21H,8-11H2,(H,22,23). The maximum absolute atomic E-state index is 13.6. The van der Waals surface area contributed by atoms with Crippen molar-refractivity contribution in [2.45, 2.75) is 18.9 Å². The molecule has 0 radical (unpaired) electrons. The summed E-state index contributed by atoms with van der Waals surface area (Å²) in [6.07, 6.45) is 1.90. The molecule has 0 aliphatic carbocycles. The number of nitrogens with one attached hydrogen (secondary N) is 2. The Morgan fingerprint density at radius 3 is 2.17 bits per heavy atom. The van der Waals surface area contributed by atoms with Crippen LogP contribution in [-0.4, -0.2) is 25.2 Å². The number of rotatable bonds is 4. The first-order chi connectivity index (χ1) is 11.6. The maximum atomic E-state index is 13.6. The molecule has 3 rings (SSSR count). The summed E-state index contributed by atoms with van der Waals surface area (Å²) in [5.41, 5.74) is 0.819. The quantitative estimate of drug-likeness (QED) is 0.895. The van der Waals surface area contributed by atoms with Gasteiger partial charge in [0.25, 0.3) is 5.91 Å². The summed E-state index contributed by atoms with van der Waals surface area (Å²) in [4.78, 5) is 12.0. The number of amides is 1. The minimum Gasteiger partial charge on any atom is -0.382 e. The van der Waals surface area contributed by atoms with Gasteiger partial charge in [0.2, 0.25) is 0 Å². The number of hydrogen-bond donors (Lipinski definition) is 2. The monoisotopic (exact) mass is 332 g/mol. The van der Waals surface area contributed by atoms with E-state index in [2.05, 4.69) is 10.6 Å². The molecule has 1 aliphatic rings. The molecule has 2 aromatic rings. The van der Waals surface area contributed by atoms with Gasteiger partial charge < -0.3 is 15.4 Å². The second kappa shape index (κ2) is 7.40. The van der Waals surface area contributed by atoms with Gasteiger partial charge in [0.1, 0.15) is 17.2 Å². The summed E-state index contributed by atoms with van der Waals surface area (Å²) >= 11 is 0. The summed E-state index contributed by atoms with van der Waals surface area (Å²) in [5, 5.41) is 5.90. The minimum atomic E-state index is -0.884. The Balaban J connectivity index is 1.64. The van der Waals surface area contributed by atoms with E-state index in [1.165, 1.54) is 6.07 Å². The number of hydrogen-bond acceptors (Lipinski definition) is 3. The van der Waals surface area contributed by atoms with Gasteiger partial charge in [0, 0.05) is 30.6 Å². The zero-order valence-corrected chi connectivity index (χ0v) is 13.0. The Kier molecular flexibility index (Phi) is 5.05. The summed E-state index contributed by atoms with van der Waals surface area (Å²) in [7, 11) is 0. The predicted molar refractivity (Wildman–Crippen MR) is 88.2 cm³/mol. The lowest BCUT2D eigenvalue weighted by Crippen LogP contribution is -2.27. The molecule has 0 unspecified atom stereocenters. The van der Waals surface area contributed by atoms with Gasteiger partial charge in [-0.25, -0.2) is 8.78 Å².